The third kappa shape index (κ3) is 5.41. The number of halogens is 1. The second kappa shape index (κ2) is 10.1. The number of methoxy groups -OCH3 is 1. The lowest BCUT2D eigenvalue weighted by Gasteiger charge is -2.14. The predicted molar refractivity (Wildman–Crippen MR) is 133 cm³/mol. The maximum absolute atomic E-state index is 12.4. The highest BCUT2D eigenvalue weighted by molar-refractivity contribution is 9.10. The summed E-state index contributed by atoms with van der Waals surface area (Å²) in [5.41, 5.74) is 3.88. The van der Waals surface area contributed by atoms with E-state index in [-0.39, 0.29) is 5.91 Å². The largest absolute Gasteiger partial charge is 0.493 e. The minimum Gasteiger partial charge on any atom is -0.493 e. The Morgan fingerprint density at radius 2 is 1.84 bits per heavy atom. The molecule has 0 aliphatic carbocycles. The molecule has 1 aliphatic rings. The van der Waals surface area contributed by atoms with Crippen LogP contribution in [0.15, 0.2) is 81.1 Å². The van der Waals surface area contributed by atoms with Crippen LogP contribution in [0, 0.1) is 6.92 Å². The molecule has 1 saturated heterocycles. The Morgan fingerprint density at radius 1 is 1.09 bits per heavy atom. The van der Waals surface area contributed by atoms with Gasteiger partial charge in [0.2, 0.25) is 0 Å². The molecule has 0 bridgehead atoms. The Kier molecular flexibility index (Phi) is 6.97. The smallest absolute Gasteiger partial charge is 0.264 e. The summed E-state index contributed by atoms with van der Waals surface area (Å²) in [6.45, 7) is 2.48. The van der Waals surface area contributed by atoms with Crippen molar-refractivity contribution >= 4 is 50.5 Å². The zero-order valence-electron chi connectivity index (χ0n) is 17.6. The number of aryl methyl sites for hydroxylation is 1. The number of para-hydroxylation sites is 1. The van der Waals surface area contributed by atoms with Crippen molar-refractivity contribution in [3.05, 3.63) is 92.8 Å². The lowest BCUT2D eigenvalue weighted by Crippen LogP contribution is -2.19. The summed E-state index contributed by atoms with van der Waals surface area (Å²) in [6, 6.07) is 21.5. The van der Waals surface area contributed by atoms with Gasteiger partial charge in [0, 0.05) is 0 Å². The summed E-state index contributed by atoms with van der Waals surface area (Å²) >= 11 is 4.88. The number of thioether (sulfide) groups is 1. The molecule has 5 nitrogen and oxygen atoms in total. The molecule has 4 rings (SSSR count). The Balaban J connectivity index is 1.53. The summed E-state index contributed by atoms with van der Waals surface area (Å²) in [6.07, 6.45) is 1.81. The fraction of sp³-hybridized carbons (Fsp3) is 0.120. The Morgan fingerprint density at radius 3 is 2.56 bits per heavy atom. The first kappa shape index (κ1) is 22.2. The second-order valence-electron chi connectivity index (χ2n) is 7.13. The van der Waals surface area contributed by atoms with Gasteiger partial charge in [-0.15, -0.1) is 0 Å². The molecule has 1 fully saturated rings. The van der Waals surface area contributed by atoms with Crippen LogP contribution in [0.25, 0.3) is 6.08 Å². The van der Waals surface area contributed by atoms with Gasteiger partial charge in [0.05, 0.1) is 22.2 Å². The lowest BCUT2D eigenvalue weighted by atomic mass is 10.1. The van der Waals surface area contributed by atoms with Crippen LogP contribution in [-0.4, -0.2) is 18.2 Å². The van der Waals surface area contributed by atoms with Gasteiger partial charge in [-0.05, 0) is 76.1 Å². The molecule has 7 heteroatoms. The quantitative estimate of drug-likeness (QED) is 0.400. The Labute approximate surface area is 199 Å². The maximum Gasteiger partial charge on any atom is 0.264 e. The van der Waals surface area contributed by atoms with E-state index in [0.717, 1.165) is 21.3 Å². The van der Waals surface area contributed by atoms with Crippen molar-refractivity contribution in [1.29, 1.82) is 0 Å². The minimum atomic E-state index is -0.181. The van der Waals surface area contributed by atoms with Crippen molar-refractivity contribution < 1.29 is 14.3 Å². The van der Waals surface area contributed by atoms with Crippen molar-refractivity contribution in [1.82, 2.24) is 5.32 Å². The van der Waals surface area contributed by atoms with Gasteiger partial charge in [-0.25, -0.2) is 4.99 Å². The van der Waals surface area contributed by atoms with E-state index in [1.54, 1.807) is 7.11 Å². The summed E-state index contributed by atoms with van der Waals surface area (Å²) in [7, 11) is 1.60. The molecular weight excluding hydrogens is 488 g/mol. The number of hydrogen-bond donors (Lipinski definition) is 1. The van der Waals surface area contributed by atoms with E-state index < -0.39 is 0 Å². The van der Waals surface area contributed by atoms with E-state index in [4.69, 9.17) is 9.47 Å². The van der Waals surface area contributed by atoms with Crippen LogP contribution < -0.4 is 14.8 Å². The summed E-state index contributed by atoms with van der Waals surface area (Å²) in [4.78, 5) is 17.5. The van der Waals surface area contributed by atoms with Crippen molar-refractivity contribution in [3.8, 4) is 11.5 Å². The molecule has 0 aromatic heterocycles. The standard InChI is InChI=1S/C25H21BrN2O3S/c1-16-8-10-17(11-9-16)15-31-23-20(26)12-18(13-21(23)30-2)14-22-24(29)28-25(32-22)27-19-6-4-3-5-7-19/h3-14H,15H2,1-2H3,(H,27,28,29)/b22-14-. The fourth-order valence-electron chi connectivity index (χ4n) is 3.05. The van der Waals surface area contributed by atoms with Crippen LogP contribution in [0.5, 0.6) is 11.5 Å². The van der Waals surface area contributed by atoms with Crippen molar-refractivity contribution in [2.45, 2.75) is 13.5 Å². The number of amides is 1. The first-order chi connectivity index (χ1) is 15.5. The molecule has 3 aromatic carbocycles. The van der Waals surface area contributed by atoms with Gasteiger partial charge in [0.1, 0.15) is 6.61 Å². The number of ether oxygens (including phenoxy) is 2. The second-order valence-corrected chi connectivity index (χ2v) is 9.01. The Hall–Kier alpha value is -3.03. The number of nitrogens with zero attached hydrogens (tertiary/aromatic N) is 1. The molecule has 32 heavy (non-hydrogen) atoms. The van der Waals surface area contributed by atoms with Crippen molar-refractivity contribution in [3.63, 3.8) is 0 Å². The number of nitrogens with one attached hydrogen (secondary N) is 1. The van der Waals surface area contributed by atoms with Gasteiger partial charge in [-0.2, -0.15) is 0 Å². The first-order valence-electron chi connectivity index (χ1n) is 9.92. The highest BCUT2D eigenvalue weighted by Gasteiger charge is 2.24. The average molecular weight is 509 g/mol. The fourth-order valence-corrected chi connectivity index (χ4v) is 4.47. The normalized spacial score (nSPS) is 15.8. The Bertz CT molecular complexity index is 1190. The number of hydrogen-bond acceptors (Lipinski definition) is 5. The first-order valence-corrected chi connectivity index (χ1v) is 11.5. The maximum atomic E-state index is 12.4. The van der Waals surface area contributed by atoms with Crippen LogP contribution in [-0.2, 0) is 11.4 Å². The van der Waals surface area contributed by atoms with Crippen molar-refractivity contribution in [2.75, 3.05) is 7.11 Å². The van der Waals surface area contributed by atoms with E-state index in [9.17, 15) is 4.79 Å². The molecule has 1 N–H and O–H groups in total. The zero-order valence-corrected chi connectivity index (χ0v) is 20.0. The van der Waals surface area contributed by atoms with Crippen LogP contribution in [0.3, 0.4) is 0 Å². The number of benzene rings is 3. The minimum absolute atomic E-state index is 0.181. The highest BCUT2D eigenvalue weighted by atomic mass is 79.9. The van der Waals surface area contributed by atoms with Gasteiger partial charge >= 0.3 is 0 Å². The van der Waals surface area contributed by atoms with E-state index in [1.807, 2.05) is 60.7 Å². The summed E-state index contributed by atoms with van der Waals surface area (Å²) < 4.78 is 12.3. The van der Waals surface area contributed by atoms with Crippen LogP contribution >= 0.6 is 27.7 Å². The molecule has 162 valence electrons. The molecule has 0 radical (unpaired) electrons. The van der Waals surface area contributed by atoms with Gasteiger partial charge in [0.15, 0.2) is 16.7 Å². The topological polar surface area (TPSA) is 59.9 Å². The average Bonchev–Trinajstić information content (AvgIpc) is 3.12. The molecule has 0 atom stereocenters. The molecule has 0 saturated carbocycles. The van der Waals surface area contributed by atoms with Gasteiger partial charge in [-0.1, -0.05) is 48.0 Å². The number of rotatable bonds is 6. The van der Waals surface area contributed by atoms with Crippen molar-refractivity contribution in [2.24, 2.45) is 4.99 Å². The van der Waals surface area contributed by atoms with E-state index in [2.05, 4.69) is 45.3 Å². The third-order valence-electron chi connectivity index (χ3n) is 4.69. The highest BCUT2D eigenvalue weighted by Crippen LogP contribution is 2.38. The third-order valence-corrected chi connectivity index (χ3v) is 6.19. The molecule has 1 amide bonds. The number of carbonyl (C=O) groups excluding carboxylic acids is 1. The molecule has 3 aromatic rings. The molecule has 0 spiro atoms. The van der Waals surface area contributed by atoms with Crippen LogP contribution in [0.4, 0.5) is 5.69 Å². The van der Waals surface area contributed by atoms with Gasteiger partial charge < -0.3 is 14.8 Å². The number of aliphatic imine (C=N–C) groups is 1. The number of amidine groups is 1. The molecular formula is C25H21BrN2O3S. The van der Waals surface area contributed by atoms with Crippen LogP contribution in [0.1, 0.15) is 16.7 Å². The van der Waals surface area contributed by atoms with E-state index >= 15 is 0 Å². The predicted octanol–water partition coefficient (Wildman–Crippen LogP) is 6.24. The van der Waals surface area contributed by atoms with E-state index in [0.29, 0.717) is 28.2 Å². The lowest BCUT2D eigenvalue weighted by molar-refractivity contribution is -0.115. The van der Waals surface area contributed by atoms with Gasteiger partial charge in [-0.3, -0.25) is 4.79 Å². The summed E-state index contributed by atoms with van der Waals surface area (Å²) in [5, 5.41) is 3.36. The monoisotopic (exact) mass is 508 g/mol. The van der Waals surface area contributed by atoms with Gasteiger partial charge in [0.25, 0.3) is 5.91 Å². The molecule has 1 heterocycles. The molecule has 0 unspecified atom stereocenters. The molecule has 1 aliphatic heterocycles. The van der Waals surface area contributed by atoms with Crippen LogP contribution in [0.2, 0.25) is 0 Å². The zero-order chi connectivity index (χ0) is 22.5. The van der Waals surface area contributed by atoms with E-state index in [1.165, 1.54) is 17.3 Å². The number of carbonyl (C=O) groups is 1. The SMILES string of the molecule is COc1cc(/C=C2\SC(=Nc3ccccc3)NC2=O)cc(Br)c1OCc1ccc(C)cc1. The summed E-state index contributed by atoms with van der Waals surface area (Å²) in [5.74, 6) is 1.02.